The monoisotopic (exact) mass is 1700 g/mol. The minimum absolute atomic E-state index is 0.00254. The summed E-state index contributed by atoms with van der Waals surface area (Å²) in [4.78, 5) is 70.3. The van der Waals surface area contributed by atoms with E-state index >= 15 is 0 Å². The SMILES string of the molecule is C=Cc1ccc(C(=O)O)cc1.CC.O=C(NO)c1ccc(CCS(=O)(=O)c2ccccc2)cc1.O=C(NO)c1ccc(CCS(=O)c2ccccc2)cc1.O=C(NO)c1ccc(CCSc2ccccc2)cc1.O=C(O)c1ccc(CCS(=O)(=O)c2ccccc2)cc1.O=C(O)c1ccc(CCSc2ccccc2)cc1.Sc1ccccc1. The second kappa shape index (κ2) is 54.2. The number of hydrogen-bond donors (Lipinski definition) is 10. The summed E-state index contributed by atoms with van der Waals surface area (Å²) in [6.07, 6.45) is 4.95. The lowest BCUT2D eigenvalue weighted by molar-refractivity contribution is 0.0686. The second-order valence-corrected chi connectivity index (χ2v) is 33.2. The third-order valence-corrected chi connectivity index (χ3v) is 23.6. The fraction of sp³-hybridized carbons (Fsp3) is 0.130. The van der Waals surface area contributed by atoms with Crippen molar-refractivity contribution in [3.05, 3.63) is 401 Å². The fourth-order valence-electron chi connectivity index (χ4n) is 9.98. The van der Waals surface area contributed by atoms with Crippen LogP contribution in [0.4, 0.5) is 0 Å². The van der Waals surface area contributed by atoms with Crippen LogP contribution in [0.3, 0.4) is 0 Å². The Morgan fingerprint density at radius 3 is 0.881 bits per heavy atom. The molecule has 3 amide bonds. The largest absolute Gasteiger partial charge is 0.478 e. The van der Waals surface area contributed by atoms with E-state index in [-0.39, 0.29) is 17.1 Å². The third kappa shape index (κ3) is 37.0. The van der Waals surface area contributed by atoms with Crippen LogP contribution in [0.5, 0.6) is 0 Å². The first-order valence-corrected chi connectivity index (χ1v) is 43.7. The molecule has 0 saturated heterocycles. The van der Waals surface area contributed by atoms with E-state index in [1.54, 1.807) is 180 Å². The van der Waals surface area contributed by atoms with E-state index in [0.717, 1.165) is 56.4 Å². The lowest BCUT2D eigenvalue weighted by Gasteiger charge is -2.05. The van der Waals surface area contributed by atoms with Gasteiger partial charge in [0.2, 0.25) is 0 Å². The molecule has 0 aliphatic carbocycles. The Hall–Kier alpha value is -11.8. The quantitative estimate of drug-likeness (QED) is 0.00989. The van der Waals surface area contributed by atoms with Gasteiger partial charge in [-0.1, -0.05) is 208 Å². The number of carboxylic acids is 3. The van der Waals surface area contributed by atoms with Crippen LogP contribution in [0.25, 0.3) is 6.08 Å². The second-order valence-electron chi connectivity index (χ2n) is 24.6. The number of nitrogens with one attached hydrogen (secondary N) is 3. The zero-order chi connectivity index (χ0) is 85.9. The molecule has 614 valence electrons. The number of amides is 3. The highest BCUT2D eigenvalue weighted by Gasteiger charge is 2.17. The molecule has 12 aromatic carbocycles. The van der Waals surface area contributed by atoms with Gasteiger partial charge in [0.1, 0.15) is 0 Å². The molecule has 12 aromatic rings. The molecule has 0 heterocycles. The molecule has 26 heteroatoms. The Balaban J connectivity index is 0.000000248. The average molecular weight is 1710 g/mol. The predicted octanol–water partition coefficient (Wildman–Crippen LogP) is 18.3. The zero-order valence-electron chi connectivity index (χ0n) is 64.7. The maximum Gasteiger partial charge on any atom is 0.335 e. The lowest BCUT2D eigenvalue weighted by atomic mass is 10.1. The molecular formula is C92H93N3O17S6. The number of carbonyl (C=O) groups excluding carboxylic acids is 3. The number of aromatic carboxylic acids is 3. The maximum atomic E-state index is 12.1. The first-order chi connectivity index (χ1) is 56.9. The molecule has 9 N–H and O–H groups in total. The summed E-state index contributed by atoms with van der Waals surface area (Å²) in [5.74, 6) is -1.85. The summed E-state index contributed by atoms with van der Waals surface area (Å²) in [5, 5.41) is 51.7. The van der Waals surface area contributed by atoms with Crippen molar-refractivity contribution in [2.45, 2.75) is 75.3 Å². The smallest absolute Gasteiger partial charge is 0.335 e. The molecule has 0 bridgehead atoms. The molecule has 0 aromatic heterocycles. The van der Waals surface area contributed by atoms with Crippen LogP contribution in [0, 0.1) is 0 Å². The highest BCUT2D eigenvalue weighted by Crippen LogP contribution is 2.22. The Bertz CT molecular complexity index is 5250. The summed E-state index contributed by atoms with van der Waals surface area (Å²) >= 11 is 7.70. The molecule has 0 fully saturated rings. The van der Waals surface area contributed by atoms with E-state index in [0.29, 0.717) is 62.6 Å². The number of carbonyl (C=O) groups is 6. The van der Waals surface area contributed by atoms with E-state index in [4.69, 9.17) is 30.9 Å². The van der Waals surface area contributed by atoms with Gasteiger partial charge in [-0.3, -0.25) is 34.2 Å². The van der Waals surface area contributed by atoms with Crippen molar-refractivity contribution in [2.75, 3.05) is 28.8 Å². The van der Waals surface area contributed by atoms with Crippen molar-refractivity contribution in [1.29, 1.82) is 0 Å². The minimum atomic E-state index is -3.31. The van der Waals surface area contributed by atoms with Crippen LogP contribution in [-0.2, 0) is 62.6 Å². The Labute approximate surface area is 705 Å². The number of aryl methyl sites for hydroxylation is 5. The number of hydroxylamine groups is 3. The summed E-state index contributed by atoms with van der Waals surface area (Å²) in [6, 6.07) is 96.7. The van der Waals surface area contributed by atoms with Gasteiger partial charge in [-0.05, 0) is 211 Å². The van der Waals surface area contributed by atoms with Gasteiger partial charge in [-0.25, -0.2) is 47.7 Å². The first-order valence-electron chi connectivity index (χ1n) is 36.7. The van der Waals surface area contributed by atoms with Crippen LogP contribution in [0.15, 0.2) is 364 Å². The highest BCUT2D eigenvalue weighted by molar-refractivity contribution is 7.99. The number of rotatable bonds is 27. The lowest BCUT2D eigenvalue weighted by Crippen LogP contribution is -2.18. The third-order valence-electron chi connectivity index (χ3n) is 16.4. The summed E-state index contributed by atoms with van der Waals surface area (Å²) in [7, 11) is -7.63. The van der Waals surface area contributed by atoms with Crippen molar-refractivity contribution in [1.82, 2.24) is 16.4 Å². The Kier molecular flexibility index (Phi) is 44.4. The fourth-order valence-corrected chi connectivity index (χ4v) is 15.7. The van der Waals surface area contributed by atoms with Gasteiger partial charge in [-0.15, -0.1) is 36.2 Å². The average Bonchev–Trinajstić information content (AvgIpc) is 0.849. The van der Waals surface area contributed by atoms with E-state index in [9.17, 15) is 49.8 Å². The standard InChI is InChI=1S/C15H15NO4S.C15H15NO3S.C15H15NO2S.C15H14O4S.C15H14O2S.C9H8O2.C6H6S.C2H6/c17-15(16-18)13-8-6-12(7-9-13)10-11-21(19,20)14-4-2-1-3-5-14;17-15(16-18)13-8-6-12(7-9-13)10-11-20(19)14-4-2-1-3-5-14;17-15(16-18)13-8-6-12(7-9-13)10-11-19-14-4-2-1-3-5-14;16-15(17)13-8-6-12(7-9-13)10-11-20(18,19)14-4-2-1-3-5-14;16-15(17)13-8-6-12(7-9-13)10-11-18-14-4-2-1-3-5-14;1-2-7-3-5-8(6-4-7)9(10)11;7-6-4-2-1-3-5-6;1-2/h1-9,18H,10-11H2,(H,16,17);1-9,18H,10-11H2,(H,16,17);1-9,18H,10-11H2,(H,16,17);1-9H,10-11H2,(H,16,17);1-9H,10-11H2,(H,16,17);2-6H,1H2,(H,10,11);1-5,7H;1-2H3. The molecular weight excluding hydrogens is 1610 g/mol. The van der Waals surface area contributed by atoms with E-state index in [1.165, 1.54) is 45.2 Å². The zero-order valence-corrected chi connectivity index (χ0v) is 69.7. The number of thiol groups is 1. The van der Waals surface area contributed by atoms with Gasteiger partial charge in [0, 0.05) is 53.5 Å². The summed E-state index contributed by atoms with van der Waals surface area (Å²) in [5.41, 5.74) is 12.6. The van der Waals surface area contributed by atoms with Gasteiger partial charge >= 0.3 is 17.9 Å². The van der Waals surface area contributed by atoms with E-state index in [2.05, 4.69) is 43.5 Å². The topological polar surface area (TPSA) is 345 Å². The van der Waals surface area contributed by atoms with Crippen molar-refractivity contribution in [3.8, 4) is 0 Å². The van der Waals surface area contributed by atoms with Gasteiger partial charge in [-0.2, -0.15) is 0 Å². The molecule has 0 aliphatic rings. The normalized spacial score (nSPS) is 10.5. The molecule has 0 saturated carbocycles. The van der Waals surface area contributed by atoms with Gasteiger partial charge < -0.3 is 15.3 Å². The highest BCUT2D eigenvalue weighted by atomic mass is 32.2. The molecule has 12 rings (SSSR count). The van der Waals surface area contributed by atoms with Gasteiger partial charge in [0.05, 0.1) is 48.8 Å². The Morgan fingerprint density at radius 1 is 0.356 bits per heavy atom. The van der Waals surface area contributed by atoms with E-state index in [1.807, 2.05) is 159 Å². The number of carboxylic acid groups (broad SMARTS) is 3. The minimum Gasteiger partial charge on any atom is -0.478 e. The van der Waals surface area contributed by atoms with Crippen molar-refractivity contribution < 1.29 is 80.8 Å². The predicted molar refractivity (Wildman–Crippen MR) is 470 cm³/mol. The molecule has 0 aliphatic heterocycles. The molecule has 118 heavy (non-hydrogen) atoms. The molecule has 20 nitrogen and oxygen atoms in total. The molecule has 1 unspecified atom stereocenters. The van der Waals surface area contributed by atoms with Crippen molar-refractivity contribution in [2.24, 2.45) is 0 Å². The van der Waals surface area contributed by atoms with E-state index < -0.39 is 66.1 Å². The van der Waals surface area contributed by atoms with Gasteiger partial charge in [0.25, 0.3) is 17.7 Å². The molecule has 0 radical (unpaired) electrons. The van der Waals surface area contributed by atoms with Gasteiger partial charge in [0.15, 0.2) is 19.7 Å². The maximum absolute atomic E-state index is 12.1. The van der Waals surface area contributed by atoms with Crippen molar-refractivity contribution >= 4 is 108 Å². The summed E-state index contributed by atoms with van der Waals surface area (Å²) in [6.45, 7) is 7.56. The molecule has 1 atom stereocenters. The number of thioether (sulfide) groups is 2. The number of benzene rings is 12. The summed E-state index contributed by atoms with van der Waals surface area (Å²) < 4.78 is 60.5. The molecule has 0 spiro atoms. The van der Waals surface area contributed by atoms with Crippen LogP contribution in [0.2, 0.25) is 0 Å². The van der Waals surface area contributed by atoms with Crippen LogP contribution in [0.1, 0.15) is 109 Å². The Morgan fingerprint density at radius 2 is 0.610 bits per heavy atom. The van der Waals surface area contributed by atoms with Crippen molar-refractivity contribution in [3.63, 3.8) is 0 Å². The van der Waals surface area contributed by atoms with Crippen LogP contribution in [-0.4, -0.2) is 116 Å². The number of hydrogen-bond acceptors (Lipinski definition) is 17. The van der Waals surface area contributed by atoms with Crippen LogP contribution < -0.4 is 16.4 Å². The first kappa shape index (κ1) is 96.8. The number of sulfone groups is 2. The van der Waals surface area contributed by atoms with Crippen LogP contribution >= 0.6 is 36.2 Å².